The minimum atomic E-state index is -1.46. The zero-order valence-corrected chi connectivity index (χ0v) is 23.2. The van der Waals surface area contributed by atoms with Crippen molar-refractivity contribution in [3.63, 3.8) is 0 Å². The number of furan rings is 1. The lowest BCUT2D eigenvalue weighted by molar-refractivity contribution is -0.124. The summed E-state index contributed by atoms with van der Waals surface area (Å²) in [5, 5.41) is 0. The maximum absolute atomic E-state index is 13.6. The van der Waals surface area contributed by atoms with Crippen molar-refractivity contribution in [1.82, 2.24) is 0 Å². The van der Waals surface area contributed by atoms with Crippen LogP contribution in [0.2, 0.25) is 19.6 Å². The zero-order valence-electron chi connectivity index (χ0n) is 22.2. The molecule has 1 aliphatic rings. The molecular weight excluding hydrogens is 454 g/mol. The topological polar surface area (TPSA) is 59.8 Å². The molecule has 0 atom stereocenters. The van der Waals surface area contributed by atoms with Crippen molar-refractivity contribution in [3.8, 4) is 22.8 Å². The van der Waals surface area contributed by atoms with Gasteiger partial charge >= 0.3 is 5.97 Å². The Morgan fingerprint density at radius 3 is 2.29 bits per heavy atom. The summed E-state index contributed by atoms with van der Waals surface area (Å²) in [6, 6.07) is 9.34. The highest BCUT2D eigenvalue weighted by Crippen LogP contribution is 2.37. The van der Waals surface area contributed by atoms with Crippen LogP contribution in [0.4, 0.5) is 5.88 Å². The Labute approximate surface area is 211 Å². The molecule has 0 N–H and O–H groups in total. The number of nitrogens with zero attached hydrogens (tertiary/aromatic N) is 1. The number of benzene rings is 1. The summed E-state index contributed by atoms with van der Waals surface area (Å²) in [4.78, 5) is 28.2. The lowest BCUT2D eigenvalue weighted by Gasteiger charge is -2.32. The summed E-state index contributed by atoms with van der Waals surface area (Å²) in [5.41, 5.74) is 5.43. The number of carbonyl (C=O) groups is 2. The van der Waals surface area contributed by atoms with E-state index in [-0.39, 0.29) is 35.9 Å². The molecule has 0 bridgehead atoms. The molecule has 0 spiro atoms. The van der Waals surface area contributed by atoms with Gasteiger partial charge in [0.2, 0.25) is 11.8 Å². The molecule has 2 aromatic rings. The van der Waals surface area contributed by atoms with E-state index < -0.39 is 14.0 Å². The van der Waals surface area contributed by atoms with Crippen LogP contribution in [0, 0.1) is 23.3 Å². The highest BCUT2D eigenvalue weighted by atomic mass is 28.3. The number of amides is 1. The fraction of sp³-hybridized carbons (Fsp3) is 0.517. The molecule has 1 heterocycles. The van der Waals surface area contributed by atoms with E-state index in [1.54, 1.807) is 17.9 Å². The maximum atomic E-state index is 13.6. The van der Waals surface area contributed by atoms with Gasteiger partial charge in [0, 0.05) is 29.2 Å². The molecule has 5 nitrogen and oxygen atoms in total. The Hall–Kier alpha value is -2.78. The van der Waals surface area contributed by atoms with Gasteiger partial charge < -0.3 is 9.15 Å². The third-order valence-electron chi connectivity index (χ3n) is 6.30. The lowest BCUT2D eigenvalue weighted by Crippen LogP contribution is -2.42. The van der Waals surface area contributed by atoms with Gasteiger partial charge in [-0.2, -0.15) is 0 Å². The molecule has 35 heavy (non-hydrogen) atoms. The fourth-order valence-electron chi connectivity index (χ4n) is 4.33. The first-order chi connectivity index (χ1) is 16.5. The molecule has 6 heteroatoms. The fourth-order valence-corrected chi connectivity index (χ4v) is 4.85. The second-order valence-electron chi connectivity index (χ2n) is 10.9. The third kappa shape index (κ3) is 6.88. The largest absolute Gasteiger partial charge is 0.462 e. The Morgan fingerprint density at radius 2 is 1.74 bits per heavy atom. The first-order valence-corrected chi connectivity index (χ1v) is 16.3. The lowest BCUT2D eigenvalue weighted by atomic mass is 9.82. The number of anilines is 1. The summed E-state index contributed by atoms with van der Waals surface area (Å²) < 4.78 is 11.6. The standard InChI is InChI=1S/C29H39NO4Si/c1-8-33-29(32)25-19-26(23-15-11-22(12-16-23)17-18-35(5,6)7)34-28(25)30(20(2)3)27(31)24-13-9-21(4)10-14-24/h11-12,15-16,19-21,24H,8-10,13-14H2,1-7H3. The molecule has 188 valence electrons. The van der Waals surface area contributed by atoms with Crippen molar-refractivity contribution in [1.29, 1.82) is 0 Å². The van der Waals surface area contributed by atoms with Gasteiger partial charge in [0.15, 0.2) is 0 Å². The van der Waals surface area contributed by atoms with Gasteiger partial charge in [-0.3, -0.25) is 9.69 Å². The Morgan fingerprint density at radius 1 is 1.11 bits per heavy atom. The Kier molecular flexibility index (Phi) is 8.66. The Balaban J connectivity index is 1.98. The molecule has 0 aliphatic heterocycles. The van der Waals surface area contributed by atoms with Gasteiger partial charge in [-0.05, 0) is 76.6 Å². The normalized spacial score (nSPS) is 18.1. The third-order valence-corrected chi connectivity index (χ3v) is 7.17. The van der Waals surface area contributed by atoms with Crippen molar-refractivity contribution in [3.05, 3.63) is 41.5 Å². The molecule has 0 unspecified atom stereocenters. The number of ether oxygens (including phenoxy) is 1. The van der Waals surface area contributed by atoms with Crippen molar-refractivity contribution in [2.75, 3.05) is 11.5 Å². The van der Waals surface area contributed by atoms with Crippen molar-refractivity contribution < 1.29 is 18.7 Å². The number of hydrogen-bond acceptors (Lipinski definition) is 4. The highest BCUT2D eigenvalue weighted by Gasteiger charge is 2.35. The van der Waals surface area contributed by atoms with E-state index in [4.69, 9.17) is 9.15 Å². The molecule has 3 rings (SSSR count). The van der Waals surface area contributed by atoms with Crippen LogP contribution in [-0.4, -0.2) is 32.6 Å². The van der Waals surface area contributed by atoms with E-state index in [1.165, 1.54) is 0 Å². The predicted octanol–water partition coefficient (Wildman–Crippen LogP) is 6.92. The summed E-state index contributed by atoms with van der Waals surface area (Å²) in [7, 11) is -1.46. The van der Waals surface area contributed by atoms with E-state index in [0.717, 1.165) is 36.8 Å². The second kappa shape index (κ2) is 11.3. The smallest absolute Gasteiger partial charge is 0.343 e. The summed E-state index contributed by atoms with van der Waals surface area (Å²) >= 11 is 0. The average molecular weight is 494 g/mol. The summed E-state index contributed by atoms with van der Waals surface area (Å²) in [6.07, 6.45) is 3.82. The van der Waals surface area contributed by atoms with Crippen LogP contribution in [0.5, 0.6) is 0 Å². The molecule has 1 aromatic heterocycles. The Bertz CT molecular complexity index is 1090. The summed E-state index contributed by atoms with van der Waals surface area (Å²) in [6.45, 7) is 14.8. The highest BCUT2D eigenvalue weighted by molar-refractivity contribution is 6.83. The quantitative estimate of drug-likeness (QED) is 0.249. The number of hydrogen-bond donors (Lipinski definition) is 0. The molecule has 1 amide bonds. The van der Waals surface area contributed by atoms with Crippen LogP contribution >= 0.6 is 0 Å². The van der Waals surface area contributed by atoms with Crippen LogP contribution in [0.25, 0.3) is 11.3 Å². The molecule has 1 aromatic carbocycles. The monoisotopic (exact) mass is 493 g/mol. The summed E-state index contributed by atoms with van der Waals surface area (Å²) in [5.74, 6) is 4.20. The maximum Gasteiger partial charge on any atom is 0.343 e. The predicted molar refractivity (Wildman–Crippen MR) is 144 cm³/mol. The molecule has 0 saturated heterocycles. The first-order valence-electron chi connectivity index (χ1n) is 12.8. The van der Waals surface area contributed by atoms with Crippen LogP contribution in [0.1, 0.15) is 69.3 Å². The van der Waals surface area contributed by atoms with Crippen molar-refractivity contribution in [2.45, 2.75) is 79.1 Å². The van der Waals surface area contributed by atoms with Crippen molar-refractivity contribution >= 4 is 25.8 Å². The van der Waals surface area contributed by atoms with E-state index in [2.05, 4.69) is 38.0 Å². The van der Waals surface area contributed by atoms with E-state index >= 15 is 0 Å². The van der Waals surface area contributed by atoms with Gasteiger partial charge in [-0.1, -0.05) is 32.5 Å². The van der Waals surface area contributed by atoms with Crippen LogP contribution in [0.15, 0.2) is 34.7 Å². The van der Waals surface area contributed by atoms with Gasteiger partial charge in [0.05, 0.1) is 6.61 Å². The first kappa shape index (κ1) is 26.8. The second-order valence-corrected chi connectivity index (χ2v) is 15.6. The van der Waals surface area contributed by atoms with Crippen LogP contribution in [-0.2, 0) is 9.53 Å². The van der Waals surface area contributed by atoms with E-state index in [0.29, 0.717) is 11.7 Å². The number of carbonyl (C=O) groups excluding carboxylic acids is 2. The average Bonchev–Trinajstić information content (AvgIpc) is 3.23. The van der Waals surface area contributed by atoms with Crippen molar-refractivity contribution in [2.24, 2.45) is 11.8 Å². The molecule has 1 fully saturated rings. The van der Waals surface area contributed by atoms with Gasteiger partial charge in [0.25, 0.3) is 0 Å². The number of esters is 1. The number of rotatable bonds is 6. The molecule has 1 aliphatic carbocycles. The molecule has 1 saturated carbocycles. The van der Waals surface area contributed by atoms with Gasteiger partial charge in [-0.15, -0.1) is 5.54 Å². The zero-order chi connectivity index (χ0) is 25.8. The van der Waals surface area contributed by atoms with Gasteiger partial charge in [-0.25, -0.2) is 4.79 Å². The minimum Gasteiger partial charge on any atom is -0.462 e. The minimum absolute atomic E-state index is 0.0234. The van der Waals surface area contributed by atoms with E-state index in [9.17, 15) is 9.59 Å². The van der Waals surface area contributed by atoms with Crippen LogP contribution < -0.4 is 4.90 Å². The molecular formula is C29H39NO4Si. The van der Waals surface area contributed by atoms with Crippen LogP contribution in [0.3, 0.4) is 0 Å². The van der Waals surface area contributed by atoms with E-state index in [1.807, 2.05) is 38.1 Å². The molecule has 0 radical (unpaired) electrons. The van der Waals surface area contributed by atoms with Gasteiger partial charge in [0.1, 0.15) is 19.4 Å². The SMILES string of the molecule is CCOC(=O)c1cc(-c2ccc(C#C[Si](C)(C)C)cc2)oc1N(C(=O)C1CCC(C)CC1)C(C)C.